The maximum absolute atomic E-state index is 13.2. The fourth-order valence-electron chi connectivity index (χ4n) is 5.80. The molecule has 1 unspecified atom stereocenters. The molecule has 0 saturated carbocycles. The van der Waals surface area contributed by atoms with Gasteiger partial charge in [-0.1, -0.05) is 90.6 Å². The molecule has 10 nitrogen and oxygen atoms in total. The van der Waals surface area contributed by atoms with Crippen LogP contribution in [0.25, 0.3) is 10.2 Å². The van der Waals surface area contributed by atoms with Gasteiger partial charge in [0.15, 0.2) is 10.6 Å². The Hall–Kier alpha value is -4.59. The number of para-hydroxylation sites is 1. The van der Waals surface area contributed by atoms with Gasteiger partial charge in [-0.05, 0) is 41.0 Å². The Morgan fingerprint density at radius 2 is 1.65 bits per heavy atom. The predicted octanol–water partition coefficient (Wildman–Crippen LogP) is 6.68. The number of hydrogen-bond acceptors (Lipinski definition) is 10. The molecular weight excluding hydrogens is 663 g/mol. The van der Waals surface area contributed by atoms with E-state index in [0.29, 0.717) is 17.9 Å². The number of carbonyl (C=O) groups is 3. The average molecular weight is 696 g/mol. The number of alkyl carbamates (subject to hydrolysis) is 1. The third-order valence-corrected chi connectivity index (χ3v) is 10.7. The standard InChI is InChI=1S/C37H33N3O7S2/c41-20-23-10-12-25(13-11-23)31-18-28(22-48-37-39-29-8-4-5-9-32(29)49-37)46-35(47-31)26-14-16-27(17-15-26)40-33(42)19-30(34(40)43)38-36(44)45-21-24-6-2-1-3-7-24/h1-17,28,30-31,35,41H,18-22H2,(H,38,44)/t28-,30?,31+,35+/m1/s1. The highest BCUT2D eigenvalue weighted by molar-refractivity contribution is 8.01. The number of fused-ring (bicyclic) bond motifs is 1. The Labute approximate surface area is 291 Å². The molecule has 12 heteroatoms. The van der Waals surface area contributed by atoms with E-state index >= 15 is 0 Å². The van der Waals surface area contributed by atoms with Gasteiger partial charge in [-0.2, -0.15) is 0 Å². The van der Waals surface area contributed by atoms with Crippen molar-refractivity contribution in [2.24, 2.45) is 0 Å². The normalized spacial score (nSPS) is 20.9. The number of aromatic nitrogens is 1. The summed E-state index contributed by atoms with van der Waals surface area (Å²) in [6.45, 7) is 0.0108. The molecule has 0 aliphatic carbocycles. The summed E-state index contributed by atoms with van der Waals surface area (Å²) in [6.07, 6.45) is -1.43. The van der Waals surface area contributed by atoms with Crippen LogP contribution in [0, 0.1) is 0 Å². The molecule has 2 N–H and O–H groups in total. The molecule has 2 saturated heterocycles. The first-order valence-electron chi connectivity index (χ1n) is 15.9. The van der Waals surface area contributed by atoms with E-state index in [2.05, 4.69) is 11.4 Å². The number of hydrogen-bond donors (Lipinski definition) is 2. The second-order valence-corrected chi connectivity index (χ2v) is 14.0. The predicted molar refractivity (Wildman–Crippen MR) is 186 cm³/mol. The van der Waals surface area contributed by atoms with Crippen LogP contribution >= 0.6 is 23.1 Å². The van der Waals surface area contributed by atoms with E-state index in [1.165, 1.54) is 0 Å². The van der Waals surface area contributed by atoms with Gasteiger partial charge in [0.05, 0.1) is 41.1 Å². The lowest BCUT2D eigenvalue weighted by Gasteiger charge is -2.36. The van der Waals surface area contributed by atoms with Crippen LogP contribution in [0.15, 0.2) is 107 Å². The summed E-state index contributed by atoms with van der Waals surface area (Å²) in [4.78, 5) is 44.3. The number of nitrogens with one attached hydrogen (secondary N) is 1. The number of rotatable bonds is 10. The van der Waals surface area contributed by atoms with Crippen molar-refractivity contribution in [1.29, 1.82) is 0 Å². The van der Waals surface area contributed by atoms with Gasteiger partial charge in [0, 0.05) is 17.7 Å². The summed E-state index contributed by atoms with van der Waals surface area (Å²) in [7, 11) is 0. The summed E-state index contributed by atoms with van der Waals surface area (Å²) >= 11 is 3.31. The molecule has 0 spiro atoms. The number of carbonyl (C=O) groups excluding carboxylic acids is 3. The summed E-state index contributed by atoms with van der Waals surface area (Å²) in [5.74, 6) is -0.283. The average Bonchev–Trinajstić information content (AvgIpc) is 3.69. The van der Waals surface area contributed by atoms with Crippen LogP contribution in [0.2, 0.25) is 0 Å². The Kier molecular flexibility index (Phi) is 10.0. The first kappa shape index (κ1) is 32.9. The van der Waals surface area contributed by atoms with Gasteiger partial charge in [0.2, 0.25) is 5.91 Å². The van der Waals surface area contributed by atoms with Gasteiger partial charge < -0.3 is 24.6 Å². The number of aliphatic hydroxyl groups excluding tert-OH is 1. The van der Waals surface area contributed by atoms with E-state index < -0.39 is 30.2 Å². The smallest absolute Gasteiger partial charge is 0.408 e. The second-order valence-electron chi connectivity index (χ2n) is 11.7. The number of anilines is 1. The summed E-state index contributed by atoms with van der Waals surface area (Å²) < 4.78 is 20.3. The second kappa shape index (κ2) is 14.9. The van der Waals surface area contributed by atoms with Crippen LogP contribution in [0.1, 0.15) is 47.5 Å². The van der Waals surface area contributed by atoms with Crippen molar-refractivity contribution in [2.45, 2.75) is 54.9 Å². The van der Waals surface area contributed by atoms with Gasteiger partial charge in [-0.3, -0.25) is 9.59 Å². The van der Waals surface area contributed by atoms with Crippen LogP contribution < -0.4 is 10.2 Å². The molecule has 250 valence electrons. The maximum Gasteiger partial charge on any atom is 0.408 e. The molecule has 2 aliphatic heterocycles. The molecule has 3 heterocycles. The van der Waals surface area contributed by atoms with Crippen molar-refractivity contribution in [3.05, 3.63) is 125 Å². The molecule has 4 atom stereocenters. The van der Waals surface area contributed by atoms with Crippen molar-refractivity contribution in [1.82, 2.24) is 10.3 Å². The highest BCUT2D eigenvalue weighted by Gasteiger charge is 2.41. The van der Waals surface area contributed by atoms with E-state index in [1.807, 2.05) is 72.8 Å². The molecule has 5 aromatic rings. The van der Waals surface area contributed by atoms with Crippen LogP contribution in [0.3, 0.4) is 0 Å². The molecule has 3 amide bonds. The molecule has 0 bridgehead atoms. The van der Waals surface area contributed by atoms with Crippen molar-refractivity contribution in [3.63, 3.8) is 0 Å². The summed E-state index contributed by atoms with van der Waals surface area (Å²) in [6, 6.07) is 30.9. The first-order valence-corrected chi connectivity index (χ1v) is 17.7. The lowest BCUT2D eigenvalue weighted by Crippen LogP contribution is -2.42. The van der Waals surface area contributed by atoms with Gasteiger partial charge in [0.1, 0.15) is 12.6 Å². The maximum atomic E-state index is 13.2. The molecule has 7 rings (SSSR count). The lowest BCUT2D eigenvalue weighted by molar-refractivity contribution is -0.245. The van der Waals surface area contributed by atoms with Crippen molar-refractivity contribution < 1.29 is 33.7 Å². The fourth-order valence-corrected chi connectivity index (χ4v) is 7.92. The van der Waals surface area contributed by atoms with Gasteiger partial charge >= 0.3 is 6.09 Å². The Bertz CT molecular complexity index is 1900. The highest BCUT2D eigenvalue weighted by atomic mass is 32.2. The van der Waals surface area contributed by atoms with Crippen LogP contribution in [-0.2, 0) is 37.0 Å². The van der Waals surface area contributed by atoms with Gasteiger partial charge in [0.25, 0.3) is 5.91 Å². The van der Waals surface area contributed by atoms with Crippen LogP contribution in [0.4, 0.5) is 10.5 Å². The number of imide groups is 1. The molecule has 4 aromatic carbocycles. The minimum absolute atomic E-state index is 0.0392. The van der Waals surface area contributed by atoms with Crippen molar-refractivity contribution >= 4 is 56.9 Å². The summed E-state index contributed by atoms with van der Waals surface area (Å²) in [5, 5.41) is 12.0. The third kappa shape index (κ3) is 7.69. The quantitative estimate of drug-likeness (QED) is 0.121. The van der Waals surface area contributed by atoms with Crippen molar-refractivity contribution in [3.8, 4) is 0 Å². The molecule has 2 fully saturated rings. The minimum Gasteiger partial charge on any atom is -0.445 e. The molecular formula is C37H33N3O7S2. The zero-order chi connectivity index (χ0) is 33.7. The number of amides is 3. The SMILES string of the molecule is O=C(NC1CC(=O)N(c2ccc([C@H]3O[C@@H](CSc4nc5ccccc5s4)C[C@@H](c4ccc(CO)cc4)O3)cc2)C1=O)OCc1ccccc1. The van der Waals surface area contributed by atoms with Crippen LogP contribution in [0.5, 0.6) is 0 Å². The Morgan fingerprint density at radius 3 is 2.41 bits per heavy atom. The summed E-state index contributed by atoms with van der Waals surface area (Å²) in [5.41, 5.74) is 4.69. The van der Waals surface area contributed by atoms with Gasteiger partial charge in [-0.15, -0.1) is 11.3 Å². The largest absolute Gasteiger partial charge is 0.445 e. The van der Waals surface area contributed by atoms with Crippen LogP contribution in [-0.4, -0.2) is 45.9 Å². The van der Waals surface area contributed by atoms with E-state index in [0.717, 1.165) is 41.7 Å². The third-order valence-electron chi connectivity index (χ3n) is 8.36. The van der Waals surface area contributed by atoms with E-state index in [1.54, 1.807) is 47.4 Å². The van der Waals surface area contributed by atoms with E-state index in [9.17, 15) is 19.5 Å². The van der Waals surface area contributed by atoms with E-state index in [4.69, 9.17) is 19.2 Å². The number of ether oxygens (including phenoxy) is 3. The fraction of sp³-hybridized carbons (Fsp3) is 0.243. The molecule has 2 aliphatic rings. The Morgan fingerprint density at radius 1 is 0.918 bits per heavy atom. The molecule has 1 aromatic heterocycles. The highest BCUT2D eigenvalue weighted by Crippen LogP contribution is 2.40. The molecule has 49 heavy (non-hydrogen) atoms. The monoisotopic (exact) mass is 695 g/mol. The number of benzene rings is 4. The Balaban J connectivity index is 1.03. The first-order chi connectivity index (χ1) is 23.9. The van der Waals surface area contributed by atoms with Gasteiger partial charge in [-0.25, -0.2) is 14.7 Å². The number of nitrogens with zero attached hydrogens (tertiary/aromatic N) is 2. The minimum atomic E-state index is -1.02. The number of thioether (sulfide) groups is 1. The van der Waals surface area contributed by atoms with Crippen molar-refractivity contribution in [2.75, 3.05) is 10.7 Å². The lowest BCUT2D eigenvalue weighted by atomic mass is 10.0. The number of thiazole rings is 1. The number of aliphatic hydroxyl groups is 1. The van der Waals surface area contributed by atoms with E-state index in [-0.39, 0.29) is 31.8 Å². The zero-order valence-corrected chi connectivity index (χ0v) is 27.9. The molecule has 0 radical (unpaired) electrons. The topological polar surface area (TPSA) is 127 Å². The zero-order valence-electron chi connectivity index (χ0n) is 26.3.